The summed E-state index contributed by atoms with van der Waals surface area (Å²) < 4.78 is 5.15. The van der Waals surface area contributed by atoms with Gasteiger partial charge in [0.15, 0.2) is 0 Å². The molecule has 1 aliphatic heterocycles. The Balaban J connectivity index is 0.00000242. The van der Waals surface area contributed by atoms with E-state index in [0.29, 0.717) is 12.5 Å². The number of nitrogens with zero attached hydrogens (tertiary/aromatic N) is 1. The van der Waals surface area contributed by atoms with Gasteiger partial charge in [0.25, 0.3) is 0 Å². The number of amides is 1. The van der Waals surface area contributed by atoms with Gasteiger partial charge in [0, 0.05) is 24.3 Å². The van der Waals surface area contributed by atoms with E-state index in [1.807, 2.05) is 31.2 Å². The lowest BCUT2D eigenvalue weighted by atomic mass is 9.92. The van der Waals surface area contributed by atoms with Gasteiger partial charge in [-0.1, -0.05) is 6.07 Å². The molecule has 2 atom stereocenters. The van der Waals surface area contributed by atoms with Crippen molar-refractivity contribution < 1.29 is 9.53 Å². The van der Waals surface area contributed by atoms with Crippen molar-refractivity contribution in [1.29, 1.82) is 0 Å². The van der Waals surface area contributed by atoms with Crippen molar-refractivity contribution in [3.8, 4) is 5.75 Å². The van der Waals surface area contributed by atoms with Gasteiger partial charge < -0.3 is 15.8 Å². The van der Waals surface area contributed by atoms with Crippen LogP contribution in [-0.4, -0.2) is 43.6 Å². The van der Waals surface area contributed by atoms with E-state index in [4.69, 9.17) is 10.5 Å². The number of hydrogen-bond donors (Lipinski definition) is 2. The second kappa shape index (κ2) is 8.98. The highest BCUT2D eigenvalue weighted by Gasteiger charge is 2.23. The van der Waals surface area contributed by atoms with E-state index < -0.39 is 0 Å². The van der Waals surface area contributed by atoms with E-state index in [0.717, 1.165) is 37.4 Å². The third-order valence-electron chi connectivity index (χ3n) is 4.01. The number of hydrogen-bond acceptors (Lipinski definition) is 4. The first-order valence-electron chi connectivity index (χ1n) is 7.50. The van der Waals surface area contributed by atoms with Crippen molar-refractivity contribution in [3.05, 3.63) is 24.3 Å². The minimum atomic E-state index is 0. The predicted octanol–water partition coefficient (Wildman–Crippen LogP) is 2.11. The highest BCUT2D eigenvalue weighted by molar-refractivity contribution is 5.92. The number of piperidine rings is 1. The summed E-state index contributed by atoms with van der Waals surface area (Å²) in [5.74, 6) is 1.24. The zero-order valence-corrected chi connectivity index (χ0v) is 14.1. The number of ether oxygens (including phenoxy) is 1. The van der Waals surface area contributed by atoms with E-state index in [2.05, 4.69) is 10.2 Å². The molecule has 0 saturated carbocycles. The molecular weight excluding hydrogens is 302 g/mol. The topological polar surface area (TPSA) is 67.6 Å². The van der Waals surface area contributed by atoms with Gasteiger partial charge in [-0.3, -0.25) is 9.69 Å². The van der Waals surface area contributed by atoms with E-state index in [-0.39, 0.29) is 24.4 Å². The Kier molecular flexibility index (Phi) is 7.65. The van der Waals surface area contributed by atoms with Crippen LogP contribution in [0.15, 0.2) is 24.3 Å². The van der Waals surface area contributed by atoms with E-state index in [1.165, 1.54) is 0 Å². The van der Waals surface area contributed by atoms with E-state index in [9.17, 15) is 4.79 Å². The number of methoxy groups -OCH3 is 1. The molecule has 0 aromatic heterocycles. The number of nitrogens with two attached hydrogens (primary N) is 1. The van der Waals surface area contributed by atoms with Gasteiger partial charge >= 0.3 is 0 Å². The van der Waals surface area contributed by atoms with Crippen molar-refractivity contribution in [2.24, 2.45) is 11.7 Å². The number of nitrogens with one attached hydrogen (secondary N) is 1. The molecule has 0 spiro atoms. The lowest BCUT2D eigenvalue weighted by Crippen LogP contribution is -2.45. The molecule has 0 radical (unpaired) electrons. The summed E-state index contributed by atoms with van der Waals surface area (Å²) in [6.45, 7) is 4.34. The summed E-state index contributed by atoms with van der Waals surface area (Å²) in [6.07, 6.45) is 2.27. The Labute approximate surface area is 138 Å². The molecule has 124 valence electrons. The highest BCUT2D eigenvalue weighted by atomic mass is 35.5. The number of halogens is 1. The number of benzene rings is 1. The molecule has 1 aromatic carbocycles. The molecule has 1 fully saturated rings. The number of rotatable bonds is 5. The fourth-order valence-corrected chi connectivity index (χ4v) is 2.77. The van der Waals surface area contributed by atoms with Crippen molar-refractivity contribution >= 4 is 24.0 Å². The Bertz CT molecular complexity index is 482. The maximum absolute atomic E-state index is 12.1. The van der Waals surface area contributed by atoms with Crippen LogP contribution in [0.25, 0.3) is 0 Å². The van der Waals surface area contributed by atoms with Crippen LogP contribution in [0.2, 0.25) is 0 Å². The van der Waals surface area contributed by atoms with Crippen LogP contribution in [0.5, 0.6) is 5.75 Å². The van der Waals surface area contributed by atoms with Gasteiger partial charge in [-0.15, -0.1) is 12.4 Å². The van der Waals surface area contributed by atoms with Gasteiger partial charge in [0.05, 0.1) is 13.7 Å². The van der Waals surface area contributed by atoms with E-state index >= 15 is 0 Å². The number of carbonyl (C=O) groups is 1. The second-order valence-corrected chi connectivity index (χ2v) is 5.78. The van der Waals surface area contributed by atoms with Crippen LogP contribution in [0.4, 0.5) is 5.69 Å². The molecule has 2 unspecified atom stereocenters. The van der Waals surface area contributed by atoms with Crippen molar-refractivity contribution in [3.63, 3.8) is 0 Å². The molecule has 1 heterocycles. The molecule has 1 aromatic rings. The van der Waals surface area contributed by atoms with Crippen LogP contribution in [0, 0.1) is 5.92 Å². The first-order valence-corrected chi connectivity index (χ1v) is 7.50. The molecule has 1 amide bonds. The van der Waals surface area contributed by atoms with Crippen LogP contribution >= 0.6 is 12.4 Å². The highest BCUT2D eigenvalue weighted by Crippen LogP contribution is 2.19. The predicted molar refractivity (Wildman–Crippen MR) is 91.7 cm³/mol. The number of likely N-dealkylation sites (tertiary alicyclic amines) is 1. The second-order valence-electron chi connectivity index (χ2n) is 5.78. The fraction of sp³-hybridized carbons (Fsp3) is 0.562. The summed E-state index contributed by atoms with van der Waals surface area (Å²) in [7, 11) is 1.61. The normalized spacial score (nSPS) is 19.9. The maximum Gasteiger partial charge on any atom is 0.238 e. The summed E-state index contributed by atoms with van der Waals surface area (Å²) in [5, 5.41) is 2.92. The SMILES string of the molecule is COc1cccc(NC(=O)CN2CCCC(C(C)N)C2)c1.Cl. The lowest BCUT2D eigenvalue weighted by Gasteiger charge is -2.34. The zero-order chi connectivity index (χ0) is 15.2. The molecule has 5 nitrogen and oxygen atoms in total. The lowest BCUT2D eigenvalue weighted by molar-refractivity contribution is -0.117. The Morgan fingerprint density at radius 1 is 1.55 bits per heavy atom. The van der Waals surface area contributed by atoms with E-state index in [1.54, 1.807) is 7.11 Å². The van der Waals surface area contributed by atoms with Crippen molar-refractivity contribution in [2.75, 3.05) is 32.1 Å². The summed E-state index contributed by atoms with van der Waals surface area (Å²) in [4.78, 5) is 14.3. The third-order valence-corrected chi connectivity index (χ3v) is 4.01. The molecule has 3 N–H and O–H groups in total. The molecule has 0 aliphatic carbocycles. The zero-order valence-electron chi connectivity index (χ0n) is 13.2. The van der Waals surface area contributed by atoms with Crippen LogP contribution < -0.4 is 15.8 Å². The van der Waals surface area contributed by atoms with Crippen molar-refractivity contribution in [1.82, 2.24) is 4.90 Å². The fourth-order valence-electron chi connectivity index (χ4n) is 2.77. The van der Waals surface area contributed by atoms with Crippen molar-refractivity contribution in [2.45, 2.75) is 25.8 Å². The van der Waals surface area contributed by atoms with Gasteiger partial charge in [0.1, 0.15) is 5.75 Å². The van der Waals surface area contributed by atoms with Crippen LogP contribution in [0.3, 0.4) is 0 Å². The van der Waals surface area contributed by atoms with Gasteiger partial charge in [-0.25, -0.2) is 0 Å². The average Bonchev–Trinajstić information content (AvgIpc) is 2.47. The summed E-state index contributed by atoms with van der Waals surface area (Å²) in [5.41, 5.74) is 6.74. The maximum atomic E-state index is 12.1. The first kappa shape index (κ1) is 18.7. The Morgan fingerprint density at radius 3 is 3.00 bits per heavy atom. The molecule has 6 heteroatoms. The third kappa shape index (κ3) is 5.48. The molecule has 0 bridgehead atoms. The van der Waals surface area contributed by atoms with Gasteiger partial charge in [-0.2, -0.15) is 0 Å². The monoisotopic (exact) mass is 327 g/mol. The number of carbonyl (C=O) groups excluding carboxylic acids is 1. The van der Waals surface area contributed by atoms with Gasteiger partial charge in [0.2, 0.25) is 5.91 Å². The quantitative estimate of drug-likeness (QED) is 0.869. The standard InChI is InChI=1S/C16H25N3O2.ClH/c1-12(17)13-5-4-8-19(10-13)11-16(20)18-14-6-3-7-15(9-14)21-2;/h3,6-7,9,12-13H,4-5,8,10-11,17H2,1-2H3,(H,18,20);1H. The summed E-state index contributed by atoms with van der Waals surface area (Å²) >= 11 is 0. The van der Waals surface area contributed by atoms with Crippen LogP contribution in [0.1, 0.15) is 19.8 Å². The Hall–Kier alpha value is -1.30. The van der Waals surface area contributed by atoms with Gasteiger partial charge in [-0.05, 0) is 44.4 Å². The molecular formula is C16H26ClN3O2. The number of anilines is 1. The largest absolute Gasteiger partial charge is 0.497 e. The molecule has 1 saturated heterocycles. The average molecular weight is 328 g/mol. The Morgan fingerprint density at radius 2 is 2.32 bits per heavy atom. The molecule has 2 rings (SSSR count). The molecule has 1 aliphatic rings. The smallest absolute Gasteiger partial charge is 0.238 e. The minimum absolute atomic E-state index is 0. The first-order chi connectivity index (χ1) is 10.1. The summed E-state index contributed by atoms with van der Waals surface area (Å²) in [6, 6.07) is 7.59. The molecule has 22 heavy (non-hydrogen) atoms. The minimum Gasteiger partial charge on any atom is -0.497 e. The van der Waals surface area contributed by atoms with Crippen LogP contribution in [-0.2, 0) is 4.79 Å².